The van der Waals surface area contributed by atoms with Crippen LogP contribution in [0.25, 0.3) is 0 Å². The first-order valence-electron chi connectivity index (χ1n) is 9.92. The molecule has 3 aromatic carbocycles. The Morgan fingerprint density at radius 2 is 1.73 bits per heavy atom. The second-order valence-corrected chi connectivity index (χ2v) is 9.38. The fourth-order valence-electron chi connectivity index (χ4n) is 3.91. The van der Waals surface area contributed by atoms with Gasteiger partial charge in [-0.1, -0.05) is 48.5 Å². The van der Waals surface area contributed by atoms with Crippen LogP contribution < -0.4 is 9.62 Å². The predicted octanol–water partition coefficient (Wildman–Crippen LogP) is 4.06. The quantitative estimate of drug-likeness (QED) is 0.677. The first-order valence-corrected chi connectivity index (χ1v) is 11.4. The zero-order valence-electron chi connectivity index (χ0n) is 17.0. The number of benzene rings is 3. The van der Waals surface area contributed by atoms with Crippen LogP contribution in [0, 0.1) is 6.92 Å². The van der Waals surface area contributed by atoms with E-state index in [1.54, 1.807) is 25.1 Å². The summed E-state index contributed by atoms with van der Waals surface area (Å²) < 4.78 is 28.1. The lowest BCUT2D eigenvalue weighted by Crippen LogP contribution is -2.35. The van der Waals surface area contributed by atoms with Gasteiger partial charge in [0.15, 0.2) is 0 Å². The van der Waals surface area contributed by atoms with Gasteiger partial charge >= 0.3 is 0 Å². The van der Waals surface area contributed by atoms with Gasteiger partial charge in [0.2, 0.25) is 10.0 Å². The molecule has 1 aliphatic rings. The number of hydrogen-bond donors (Lipinski definition) is 1. The van der Waals surface area contributed by atoms with Crippen molar-refractivity contribution >= 4 is 21.6 Å². The van der Waals surface area contributed by atoms with Crippen molar-refractivity contribution in [3.63, 3.8) is 0 Å². The molecule has 0 bridgehead atoms. The topological polar surface area (TPSA) is 66.5 Å². The third-order valence-corrected chi connectivity index (χ3v) is 7.02. The normalized spacial score (nSPS) is 15.8. The minimum absolute atomic E-state index is 0.0421. The summed E-state index contributed by atoms with van der Waals surface area (Å²) in [7, 11) is -3.62. The van der Waals surface area contributed by atoms with Crippen LogP contribution >= 0.6 is 0 Å². The van der Waals surface area contributed by atoms with Crippen LogP contribution in [0.4, 0.5) is 5.69 Å². The molecule has 1 unspecified atom stereocenters. The van der Waals surface area contributed by atoms with E-state index < -0.39 is 10.0 Å². The van der Waals surface area contributed by atoms with Gasteiger partial charge in [0.25, 0.3) is 5.91 Å². The Hall–Kier alpha value is -2.96. The molecule has 0 fully saturated rings. The molecular formula is C24H24N2O3S. The summed E-state index contributed by atoms with van der Waals surface area (Å²) in [6.07, 6.45) is 0.781. The van der Waals surface area contributed by atoms with Gasteiger partial charge < -0.3 is 4.90 Å². The smallest absolute Gasteiger partial charge is 0.258 e. The van der Waals surface area contributed by atoms with Gasteiger partial charge in [-0.15, -0.1) is 0 Å². The van der Waals surface area contributed by atoms with Gasteiger partial charge in [0.1, 0.15) is 0 Å². The van der Waals surface area contributed by atoms with Crippen LogP contribution in [0.15, 0.2) is 77.7 Å². The van der Waals surface area contributed by atoms with Crippen molar-refractivity contribution in [1.29, 1.82) is 0 Å². The summed E-state index contributed by atoms with van der Waals surface area (Å²) in [6, 6.07) is 22.0. The molecule has 1 heterocycles. The Bertz CT molecular complexity index is 1190. The second-order valence-electron chi connectivity index (χ2n) is 7.65. The maximum atomic E-state index is 13.1. The lowest BCUT2D eigenvalue weighted by Gasteiger charge is -2.23. The van der Waals surface area contributed by atoms with Crippen LogP contribution in [0.3, 0.4) is 0 Å². The molecule has 0 saturated heterocycles. The van der Waals surface area contributed by atoms with Crippen LogP contribution in [-0.2, 0) is 23.0 Å². The summed E-state index contributed by atoms with van der Waals surface area (Å²) >= 11 is 0. The Morgan fingerprint density at radius 3 is 2.47 bits per heavy atom. The molecule has 5 nitrogen and oxygen atoms in total. The highest BCUT2D eigenvalue weighted by Gasteiger charge is 2.31. The fraction of sp³-hybridized carbons (Fsp3) is 0.208. The number of nitrogens with zero attached hydrogens (tertiary/aromatic N) is 1. The molecule has 1 N–H and O–H groups in total. The average Bonchev–Trinajstić information content (AvgIpc) is 3.07. The van der Waals surface area contributed by atoms with E-state index in [0.29, 0.717) is 11.1 Å². The van der Waals surface area contributed by atoms with E-state index in [-0.39, 0.29) is 23.4 Å². The predicted molar refractivity (Wildman–Crippen MR) is 118 cm³/mol. The number of anilines is 1. The number of carbonyl (C=O) groups excluding carboxylic acids is 1. The van der Waals surface area contributed by atoms with Gasteiger partial charge in [-0.3, -0.25) is 4.79 Å². The lowest BCUT2D eigenvalue weighted by atomic mass is 10.1. The second kappa shape index (κ2) is 8.05. The molecule has 0 aromatic heterocycles. The minimum Gasteiger partial charge on any atom is -0.305 e. The number of aryl methyl sites for hydroxylation is 1. The van der Waals surface area contributed by atoms with E-state index in [4.69, 9.17) is 0 Å². The summed E-state index contributed by atoms with van der Waals surface area (Å²) in [4.78, 5) is 15.2. The molecule has 0 radical (unpaired) electrons. The van der Waals surface area contributed by atoms with Crippen LogP contribution in [0.1, 0.15) is 34.0 Å². The molecule has 154 valence electrons. The molecular weight excluding hydrogens is 396 g/mol. The molecule has 30 heavy (non-hydrogen) atoms. The van der Waals surface area contributed by atoms with Gasteiger partial charge in [0, 0.05) is 23.8 Å². The summed E-state index contributed by atoms with van der Waals surface area (Å²) in [5.74, 6) is -0.0421. The number of nitrogens with one attached hydrogen (secondary N) is 1. The molecule has 0 aliphatic carbocycles. The van der Waals surface area contributed by atoms with Crippen molar-refractivity contribution in [2.45, 2.75) is 37.8 Å². The van der Waals surface area contributed by atoms with E-state index in [1.807, 2.05) is 66.4 Å². The van der Waals surface area contributed by atoms with Crippen molar-refractivity contribution in [2.24, 2.45) is 0 Å². The van der Waals surface area contributed by atoms with E-state index in [1.165, 1.54) is 0 Å². The average molecular weight is 421 g/mol. The van der Waals surface area contributed by atoms with Gasteiger partial charge in [0.05, 0.1) is 4.90 Å². The van der Waals surface area contributed by atoms with Crippen molar-refractivity contribution in [1.82, 2.24) is 4.72 Å². The van der Waals surface area contributed by atoms with Crippen LogP contribution in [0.2, 0.25) is 0 Å². The number of rotatable bonds is 5. The molecule has 3 aromatic rings. The summed E-state index contributed by atoms with van der Waals surface area (Å²) in [5.41, 5.74) is 4.10. The maximum absolute atomic E-state index is 13.1. The molecule has 4 rings (SSSR count). The van der Waals surface area contributed by atoms with Crippen molar-refractivity contribution < 1.29 is 13.2 Å². The van der Waals surface area contributed by atoms with Crippen LogP contribution in [0.5, 0.6) is 0 Å². The lowest BCUT2D eigenvalue weighted by molar-refractivity contribution is 0.0981. The van der Waals surface area contributed by atoms with E-state index in [9.17, 15) is 13.2 Å². The zero-order valence-corrected chi connectivity index (χ0v) is 17.8. The SMILES string of the molecule is Cc1ccccc1S(=O)(=O)NCc1ccc2c(c1)N(C(=O)c1ccccc1)C(C)C2. The molecule has 1 atom stereocenters. The summed E-state index contributed by atoms with van der Waals surface area (Å²) in [6.45, 7) is 3.96. The van der Waals surface area contributed by atoms with Crippen molar-refractivity contribution in [3.05, 3.63) is 95.1 Å². The molecule has 1 amide bonds. The van der Waals surface area contributed by atoms with Gasteiger partial charge in [-0.05, 0) is 61.2 Å². The van der Waals surface area contributed by atoms with Crippen molar-refractivity contribution in [2.75, 3.05) is 4.90 Å². The van der Waals surface area contributed by atoms with E-state index in [2.05, 4.69) is 4.72 Å². The highest BCUT2D eigenvalue weighted by atomic mass is 32.2. The largest absolute Gasteiger partial charge is 0.305 e. The van der Waals surface area contributed by atoms with Crippen molar-refractivity contribution in [3.8, 4) is 0 Å². The standard InChI is InChI=1S/C24H24N2O3S/c1-17-8-6-7-11-23(17)30(28,29)25-16-19-12-13-21-14-18(2)26(22(21)15-19)24(27)20-9-4-3-5-10-20/h3-13,15,18,25H,14,16H2,1-2H3. The Morgan fingerprint density at radius 1 is 1.03 bits per heavy atom. The molecule has 0 saturated carbocycles. The Balaban J connectivity index is 1.58. The number of amides is 1. The van der Waals surface area contributed by atoms with E-state index in [0.717, 1.165) is 23.2 Å². The third kappa shape index (κ3) is 3.88. The molecule has 0 spiro atoms. The van der Waals surface area contributed by atoms with Gasteiger partial charge in [-0.2, -0.15) is 0 Å². The maximum Gasteiger partial charge on any atom is 0.258 e. The molecule has 1 aliphatic heterocycles. The monoisotopic (exact) mass is 420 g/mol. The molecule has 6 heteroatoms. The fourth-order valence-corrected chi connectivity index (χ4v) is 5.17. The number of hydrogen-bond acceptors (Lipinski definition) is 3. The summed E-state index contributed by atoms with van der Waals surface area (Å²) in [5, 5.41) is 0. The highest BCUT2D eigenvalue weighted by molar-refractivity contribution is 7.89. The van der Waals surface area contributed by atoms with Crippen LogP contribution in [-0.4, -0.2) is 20.4 Å². The van der Waals surface area contributed by atoms with Gasteiger partial charge in [-0.25, -0.2) is 13.1 Å². The first-order chi connectivity index (χ1) is 14.4. The number of sulfonamides is 1. The number of fused-ring (bicyclic) bond motifs is 1. The van der Waals surface area contributed by atoms with E-state index >= 15 is 0 Å². The third-order valence-electron chi connectivity index (χ3n) is 5.45. The Labute approximate surface area is 177 Å². The Kier molecular flexibility index (Phi) is 5.45. The highest BCUT2D eigenvalue weighted by Crippen LogP contribution is 2.34. The first kappa shape index (κ1) is 20.3. The minimum atomic E-state index is -3.62. The number of carbonyl (C=O) groups is 1. The zero-order chi connectivity index (χ0) is 21.3.